The fraction of sp³-hybridized carbons (Fsp3) is 0.889. The number of rotatable bonds is 2. The number of carbonyl (C=O) groups excluding carboxylic acids is 1. The summed E-state index contributed by atoms with van der Waals surface area (Å²) in [6.07, 6.45) is 0.975. The van der Waals surface area contributed by atoms with Gasteiger partial charge >= 0.3 is 0 Å². The van der Waals surface area contributed by atoms with Gasteiger partial charge in [0.25, 0.3) is 0 Å². The van der Waals surface area contributed by atoms with E-state index in [2.05, 4.69) is 25.7 Å². The van der Waals surface area contributed by atoms with Crippen LogP contribution in [0.15, 0.2) is 0 Å². The molecule has 1 amide bonds. The van der Waals surface area contributed by atoms with Crippen molar-refractivity contribution < 1.29 is 4.79 Å². The number of amides is 1. The molecule has 1 saturated heterocycles. The molecule has 1 rings (SSSR count). The zero-order chi connectivity index (χ0) is 9.14. The van der Waals surface area contributed by atoms with Crippen molar-refractivity contribution in [2.24, 2.45) is 0 Å². The van der Waals surface area contributed by atoms with Gasteiger partial charge < -0.3 is 4.90 Å². The average molecular weight is 170 g/mol. The molecule has 0 aliphatic carbocycles. The maximum Gasteiger partial charge on any atom is 0.210 e. The molecule has 0 aromatic carbocycles. The summed E-state index contributed by atoms with van der Waals surface area (Å²) in [5.41, 5.74) is 0. The highest BCUT2D eigenvalue weighted by Gasteiger charge is 2.26. The Morgan fingerprint density at radius 2 is 1.83 bits per heavy atom. The zero-order valence-corrected chi connectivity index (χ0v) is 8.16. The third-order valence-corrected chi connectivity index (χ3v) is 2.63. The lowest BCUT2D eigenvalue weighted by molar-refractivity contribution is -0.125. The fourth-order valence-corrected chi connectivity index (χ4v) is 1.91. The Labute approximate surface area is 74.3 Å². The first-order valence-corrected chi connectivity index (χ1v) is 4.64. The van der Waals surface area contributed by atoms with Gasteiger partial charge in [-0.2, -0.15) is 0 Å². The van der Waals surface area contributed by atoms with Crippen molar-refractivity contribution in [1.82, 2.24) is 9.80 Å². The minimum atomic E-state index is 0.367. The summed E-state index contributed by atoms with van der Waals surface area (Å²) in [6.45, 7) is 9.48. The van der Waals surface area contributed by atoms with Crippen molar-refractivity contribution in [3.05, 3.63) is 0 Å². The van der Waals surface area contributed by atoms with Crippen LogP contribution in [0.2, 0.25) is 0 Å². The van der Waals surface area contributed by atoms with E-state index in [4.69, 9.17) is 0 Å². The lowest BCUT2D eigenvalue weighted by Crippen LogP contribution is -2.55. The van der Waals surface area contributed by atoms with Crippen molar-refractivity contribution in [2.75, 3.05) is 19.6 Å². The van der Waals surface area contributed by atoms with E-state index in [-0.39, 0.29) is 0 Å². The van der Waals surface area contributed by atoms with Gasteiger partial charge in [-0.05, 0) is 20.4 Å². The second-order valence-electron chi connectivity index (χ2n) is 3.60. The molecule has 3 nitrogen and oxygen atoms in total. The van der Waals surface area contributed by atoms with E-state index >= 15 is 0 Å². The summed E-state index contributed by atoms with van der Waals surface area (Å²) in [5.74, 6) is 0. The third kappa shape index (κ3) is 1.78. The molecule has 1 fully saturated rings. The Bertz CT molecular complexity index is 149. The smallest absolute Gasteiger partial charge is 0.210 e. The number of hydrogen-bond acceptors (Lipinski definition) is 2. The van der Waals surface area contributed by atoms with Crippen LogP contribution in [-0.2, 0) is 4.79 Å². The minimum absolute atomic E-state index is 0.367. The lowest BCUT2D eigenvalue weighted by Gasteiger charge is -2.42. The predicted octanol–water partition coefficient (Wildman–Crippen LogP) is 0.557. The molecule has 0 aromatic heterocycles. The van der Waals surface area contributed by atoms with Gasteiger partial charge in [0.15, 0.2) is 0 Å². The summed E-state index contributed by atoms with van der Waals surface area (Å²) >= 11 is 0. The van der Waals surface area contributed by atoms with Crippen LogP contribution in [0.25, 0.3) is 0 Å². The summed E-state index contributed by atoms with van der Waals surface area (Å²) in [5, 5.41) is 0. The summed E-state index contributed by atoms with van der Waals surface area (Å²) in [4.78, 5) is 15.0. The molecule has 0 N–H and O–H groups in total. The lowest BCUT2D eigenvalue weighted by atomic mass is 10.1. The van der Waals surface area contributed by atoms with Crippen LogP contribution in [0.3, 0.4) is 0 Å². The van der Waals surface area contributed by atoms with Crippen LogP contribution in [0.5, 0.6) is 0 Å². The molecular formula is C9H18N2O. The van der Waals surface area contributed by atoms with Gasteiger partial charge in [0.1, 0.15) is 0 Å². The predicted molar refractivity (Wildman–Crippen MR) is 48.9 cm³/mol. The molecule has 2 unspecified atom stereocenters. The van der Waals surface area contributed by atoms with E-state index in [9.17, 15) is 4.79 Å². The second-order valence-corrected chi connectivity index (χ2v) is 3.60. The highest BCUT2D eigenvalue weighted by atomic mass is 16.1. The van der Waals surface area contributed by atoms with Gasteiger partial charge in [-0.15, -0.1) is 0 Å². The molecule has 0 saturated carbocycles. The van der Waals surface area contributed by atoms with Crippen molar-refractivity contribution in [3.8, 4) is 0 Å². The first-order valence-electron chi connectivity index (χ1n) is 4.64. The minimum Gasteiger partial charge on any atom is -0.337 e. The summed E-state index contributed by atoms with van der Waals surface area (Å²) in [7, 11) is 0. The summed E-state index contributed by atoms with van der Waals surface area (Å²) in [6, 6.07) is 0.734. The SMILES string of the molecule is CCN1CC(C)N(C=O)C(C)C1. The molecule has 3 heteroatoms. The maximum atomic E-state index is 10.7. The van der Waals surface area contributed by atoms with E-state index in [0.717, 1.165) is 26.0 Å². The fourth-order valence-electron chi connectivity index (χ4n) is 1.91. The van der Waals surface area contributed by atoms with Crippen molar-refractivity contribution >= 4 is 6.41 Å². The molecule has 70 valence electrons. The van der Waals surface area contributed by atoms with E-state index < -0.39 is 0 Å². The zero-order valence-electron chi connectivity index (χ0n) is 8.16. The highest BCUT2D eigenvalue weighted by Crippen LogP contribution is 2.12. The van der Waals surface area contributed by atoms with Crippen molar-refractivity contribution in [2.45, 2.75) is 32.9 Å². The first-order chi connectivity index (χ1) is 5.69. The quantitative estimate of drug-likeness (QED) is 0.565. The number of hydrogen-bond donors (Lipinski definition) is 0. The van der Waals surface area contributed by atoms with Crippen LogP contribution in [0.1, 0.15) is 20.8 Å². The van der Waals surface area contributed by atoms with Gasteiger partial charge in [0.05, 0.1) is 0 Å². The van der Waals surface area contributed by atoms with E-state index in [1.807, 2.05) is 4.90 Å². The normalized spacial score (nSPS) is 32.1. The maximum absolute atomic E-state index is 10.7. The number of carbonyl (C=O) groups is 1. The van der Waals surface area contributed by atoms with Crippen LogP contribution >= 0.6 is 0 Å². The molecule has 1 heterocycles. The monoisotopic (exact) mass is 170 g/mol. The van der Waals surface area contributed by atoms with Gasteiger partial charge in [-0.3, -0.25) is 9.69 Å². The highest BCUT2D eigenvalue weighted by molar-refractivity contribution is 5.48. The Morgan fingerprint density at radius 3 is 2.17 bits per heavy atom. The molecule has 0 spiro atoms. The Hall–Kier alpha value is -0.570. The van der Waals surface area contributed by atoms with Gasteiger partial charge in [0, 0.05) is 25.2 Å². The Balaban J connectivity index is 2.56. The van der Waals surface area contributed by atoms with Crippen molar-refractivity contribution in [3.63, 3.8) is 0 Å². The van der Waals surface area contributed by atoms with Crippen molar-refractivity contribution in [1.29, 1.82) is 0 Å². The molecule has 12 heavy (non-hydrogen) atoms. The number of nitrogens with zero attached hydrogens (tertiary/aromatic N) is 2. The van der Waals surface area contributed by atoms with Crippen LogP contribution in [0, 0.1) is 0 Å². The first kappa shape index (κ1) is 9.52. The van der Waals surface area contributed by atoms with Gasteiger partial charge in [-0.1, -0.05) is 6.92 Å². The molecule has 1 aliphatic rings. The Morgan fingerprint density at radius 1 is 1.33 bits per heavy atom. The van der Waals surface area contributed by atoms with Crippen LogP contribution in [0.4, 0.5) is 0 Å². The molecular weight excluding hydrogens is 152 g/mol. The standard InChI is InChI=1S/C9H18N2O/c1-4-10-5-8(2)11(7-12)9(3)6-10/h7-9H,4-6H2,1-3H3. The summed E-state index contributed by atoms with van der Waals surface area (Å²) < 4.78 is 0. The second kappa shape index (κ2) is 3.90. The number of piperazine rings is 1. The van der Waals surface area contributed by atoms with Crippen LogP contribution in [-0.4, -0.2) is 47.9 Å². The third-order valence-electron chi connectivity index (χ3n) is 2.63. The average Bonchev–Trinajstić information content (AvgIpc) is 2.03. The molecule has 0 radical (unpaired) electrons. The van der Waals surface area contributed by atoms with Crippen LogP contribution < -0.4 is 0 Å². The van der Waals surface area contributed by atoms with E-state index in [0.29, 0.717) is 12.1 Å². The Kier molecular flexibility index (Phi) is 3.09. The largest absolute Gasteiger partial charge is 0.337 e. The van der Waals surface area contributed by atoms with Gasteiger partial charge in [0.2, 0.25) is 6.41 Å². The molecule has 1 aliphatic heterocycles. The number of likely N-dealkylation sites (N-methyl/N-ethyl adjacent to an activating group) is 1. The van der Waals surface area contributed by atoms with Gasteiger partial charge in [-0.25, -0.2) is 0 Å². The topological polar surface area (TPSA) is 23.6 Å². The molecule has 0 bridgehead atoms. The molecule has 2 atom stereocenters. The van der Waals surface area contributed by atoms with E-state index in [1.54, 1.807) is 0 Å². The van der Waals surface area contributed by atoms with E-state index in [1.165, 1.54) is 0 Å². The molecule has 0 aromatic rings.